The Morgan fingerprint density at radius 1 is 1.19 bits per heavy atom. The van der Waals surface area contributed by atoms with Crippen molar-refractivity contribution in [3.63, 3.8) is 0 Å². The highest BCUT2D eigenvalue weighted by atomic mass is 19.4. The molecule has 0 heterocycles. The van der Waals surface area contributed by atoms with Crippen molar-refractivity contribution in [2.75, 3.05) is 24.5 Å². The molecule has 0 aliphatic carbocycles. The van der Waals surface area contributed by atoms with Gasteiger partial charge in [0.15, 0.2) is 0 Å². The molecule has 1 rings (SSSR count). The quantitative estimate of drug-likeness (QED) is 0.837. The molecule has 2 N–H and O–H groups in total. The Morgan fingerprint density at radius 3 is 2.24 bits per heavy atom. The molecule has 0 radical (unpaired) electrons. The summed E-state index contributed by atoms with van der Waals surface area (Å²) in [6, 6.07) is 6.65. The van der Waals surface area contributed by atoms with E-state index in [2.05, 4.69) is 0 Å². The van der Waals surface area contributed by atoms with Gasteiger partial charge in [-0.25, -0.2) is 0 Å². The first-order chi connectivity index (χ1) is 9.67. The van der Waals surface area contributed by atoms with E-state index in [1.54, 1.807) is 29.6 Å². The second-order valence-electron chi connectivity index (χ2n) is 4.48. The Hall–Kier alpha value is -2.25. The molecule has 5 nitrogen and oxygen atoms in total. The van der Waals surface area contributed by atoms with Crippen molar-refractivity contribution in [3.8, 4) is 0 Å². The number of benzene rings is 1. The van der Waals surface area contributed by atoms with Crippen molar-refractivity contribution in [2.45, 2.75) is 13.1 Å². The van der Waals surface area contributed by atoms with Crippen LogP contribution in [0.2, 0.25) is 0 Å². The SMILES string of the molecule is Cc1ccc(N(CC(=O)O)CC(=O)NCC(F)(F)F)cc1. The number of halogens is 3. The summed E-state index contributed by atoms with van der Waals surface area (Å²) < 4.78 is 36.0. The lowest BCUT2D eigenvalue weighted by Gasteiger charge is -2.22. The van der Waals surface area contributed by atoms with Gasteiger partial charge in [0.25, 0.3) is 0 Å². The zero-order valence-corrected chi connectivity index (χ0v) is 11.3. The molecule has 1 aromatic rings. The van der Waals surface area contributed by atoms with E-state index < -0.39 is 37.7 Å². The lowest BCUT2D eigenvalue weighted by molar-refractivity contribution is -0.138. The number of amides is 1. The third kappa shape index (κ3) is 6.64. The molecular weight excluding hydrogens is 289 g/mol. The van der Waals surface area contributed by atoms with E-state index in [0.29, 0.717) is 5.69 Å². The second kappa shape index (κ2) is 6.96. The number of carboxylic acids is 1. The van der Waals surface area contributed by atoms with Crippen LogP contribution in [-0.2, 0) is 9.59 Å². The molecule has 0 fully saturated rings. The van der Waals surface area contributed by atoms with E-state index in [9.17, 15) is 22.8 Å². The maximum atomic E-state index is 12.0. The number of nitrogens with zero attached hydrogens (tertiary/aromatic N) is 1. The number of anilines is 1. The molecule has 21 heavy (non-hydrogen) atoms. The van der Waals surface area contributed by atoms with Crippen LogP contribution >= 0.6 is 0 Å². The number of aryl methyl sites for hydroxylation is 1. The fraction of sp³-hybridized carbons (Fsp3) is 0.385. The average molecular weight is 304 g/mol. The van der Waals surface area contributed by atoms with Gasteiger partial charge in [0.2, 0.25) is 5.91 Å². The molecule has 0 aromatic heterocycles. The molecule has 1 amide bonds. The normalized spacial score (nSPS) is 11.0. The maximum Gasteiger partial charge on any atom is 0.405 e. The number of nitrogens with one attached hydrogen (secondary N) is 1. The van der Waals surface area contributed by atoms with Crippen molar-refractivity contribution in [3.05, 3.63) is 29.8 Å². The van der Waals surface area contributed by atoms with Gasteiger partial charge >= 0.3 is 12.1 Å². The molecule has 0 unspecified atom stereocenters. The standard InChI is InChI=1S/C13H15F3N2O3/c1-9-2-4-10(5-3-9)18(7-12(20)21)6-11(19)17-8-13(14,15)16/h2-5H,6-8H2,1H3,(H,17,19)(H,20,21). The van der Waals surface area contributed by atoms with E-state index in [1.807, 2.05) is 6.92 Å². The predicted molar refractivity (Wildman–Crippen MR) is 70.1 cm³/mol. The van der Waals surface area contributed by atoms with Gasteiger partial charge in [0.05, 0.1) is 6.54 Å². The Bertz CT molecular complexity index is 500. The molecule has 8 heteroatoms. The van der Waals surface area contributed by atoms with Crippen molar-refractivity contribution >= 4 is 17.6 Å². The Morgan fingerprint density at radius 2 is 1.76 bits per heavy atom. The number of hydrogen-bond acceptors (Lipinski definition) is 3. The highest BCUT2D eigenvalue weighted by Gasteiger charge is 2.28. The lowest BCUT2D eigenvalue weighted by Crippen LogP contribution is -2.42. The van der Waals surface area contributed by atoms with Crippen LogP contribution in [0, 0.1) is 6.92 Å². The summed E-state index contributed by atoms with van der Waals surface area (Å²) in [5, 5.41) is 10.5. The van der Waals surface area contributed by atoms with Crippen molar-refractivity contribution in [1.29, 1.82) is 0 Å². The predicted octanol–water partition coefficient (Wildman–Crippen LogP) is 1.56. The molecule has 0 spiro atoms. The zero-order chi connectivity index (χ0) is 16.0. The largest absolute Gasteiger partial charge is 0.480 e. The first-order valence-corrected chi connectivity index (χ1v) is 6.04. The van der Waals surface area contributed by atoms with Gasteiger partial charge in [-0.3, -0.25) is 9.59 Å². The number of carboxylic acid groups (broad SMARTS) is 1. The minimum absolute atomic E-state index is 0.449. The van der Waals surface area contributed by atoms with Crippen LogP contribution < -0.4 is 10.2 Å². The molecular formula is C13H15F3N2O3. The van der Waals surface area contributed by atoms with Gasteiger partial charge < -0.3 is 15.3 Å². The average Bonchev–Trinajstić information content (AvgIpc) is 2.35. The Kier molecular flexibility index (Phi) is 5.57. The fourth-order valence-electron chi connectivity index (χ4n) is 1.59. The van der Waals surface area contributed by atoms with Crippen molar-refractivity contribution in [1.82, 2.24) is 5.32 Å². The molecule has 0 aliphatic rings. The van der Waals surface area contributed by atoms with Crippen LogP contribution in [0.1, 0.15) is 5.56 Å². The first kappa shape index (κ1) is 16.8. The van der Waals surface area contributed by atoms with Crippen LogP contribution in [0.5, 0.6) is 0 Å². The number of carbonyl (C=O) groups is 2. The fourth-order valence-corrected chi connectivity index (χ4v) is 1.59. The van der Waals surface area contributed by atoms with E-state index in [1.165, 1.54) is 4.90 Å². The number of aliphatic carboxylic acids is 1. The van der Waals surface area contributed by atoms with Crippen LogP contribution in [-0.4, -0.2) is 42.8 Å². The third-order valence-electron chi connectivity index (χ3n) is 2.55. The summed E-state index contributed by atoms with van der Waals surface area (Å²) in [6.07, 6.45) is -4.50. The van der Waals surface area contributed by atoms with Crippen LogP contribution in [0.25, 0.3) is 0 Å². The summed E-state index contributed by atoms with van der Waals surface area (Å²) in [4.78, 5) is 23.5. The topological polar surface area (TPSA) is 69.6 Å². The second-order valence-corrected chi connectivity index (χ2v) is 4.48. The molecule has 0 saturated carbocycles. The number of rotatable bonds is 6. The minimum Gasteiger partial charge on any atom is -0.480 e. The molecule has 0 aliphatic heterocycles. The number of hydrogen-bond donors (Lipinski definition) is 2. The maximum absolute atomic E-state index is 12.0. The summed E-state index contributed by atoms with van der Waals surface area (Å²) in [6.45, 7) is -0.560. The van der Waals surface area contributed by atoms with Gasteiger partial charge in [-0.05, 0) is 19.1 Å². The molecule has 0 atom stereocenters. The number of carbonyl (C=O) groups excluding carboxylic acids is 1. The van der Waals surface area contributed by atoms with Crippen LogP contribution in [0.4, 0.5) is 18.9 Å². The first-order valence-electron chi connectivity index (χ1n) is 6.04. The van der Waals surface area contributed by atoms with Crippen LogP contribution in [0.15, 0.2) is 24.3 Å². The third-order valence-corrected chi connectivity index (χ3v) is 2.55. The van der Waals surface area contributed by atoms with Crippen molar-refractivity contribution in [2.24, 2.45) is 0 Å². The molecule has 1 aromatic carbocycles. The van der Waals surface area contributed by atoms with E-state index in [0.717, 1.165) is 5.56 Å². The van der Waals surface area contributed by atoms with Gasteiger partial charge in [-0.1, -0.05) is 17.7 Å². The van der Waals surface area contributed by atoms with Crippen molar-refractivity contribution < 1.29 is 27.9 Å². The monoisotopic (exact) mass is 304 g/mol. The highest BCUT2D eigenvalue weighted by molar-refractivity contribution is 5.84. The van der Waals surface area contributed by atoms with Gasteiger partial charge in [0.1, 0.15) is 13.1 Å². The molecule has 0 saturated heterocycles. The van der Waals surface area contributed by atoms with E-state index in [-0.39, 0.29) is 0 Å². The highest BCUT2D eigenvalue weighted by Crippen LogP contribution is 2.15. The van der Waals surface area contributed by atoms with Crippen LogP contribution in [0.3, 0.4) is 0 Å². The Balaban J connectivity index is 2.72. The molecule has 116 valence electrons. The van der Waals surface area contributed by atoms with E-state index in [4.69, 9.17) is 5.11 Å². The molecule has 0 bridgehead atoms. The van der Waals surface area contributed by atoms with Gasteiger partial charge in [-0.15, -0.1) is 0 Å². The minimum atomic E-state index is -4.50. The smallest absolute Gasteiger partial charge is 0.405 e. The summed E-state index contributed by atoms with van der Waals surface area (Å²) >= 11 is 0. The van der Waals surface area contributed by atoms with Gasteiger partial charge in [-0.2, -0.15) is 13.2 Å². The summed E-state index contributed by atoms with van der Waals surface area (Å²) in [5.41, 5.74) is 1.39. The summed E-state index contributed by atoms with van der Waals surface area (Å²) in [7, 11) is 0. The lowest BCUT2D eigenvalue weighted by atomic mass is 10.2. The summed E-state index contributed by atoms with van der Waals surface area (Å²) in [5.74, 6) is -2.08. The zero-order valence-electron chi connectivity index (χ0n) is 11.3. The van der Waals surface area contributed by atoms with E-state index >= 15 is 0 Å². The number of alkyl halides is 3. The Labute approximate surface area is 119 Å². The van der Waals surface area contributed by atoms with Gasteiger partial charge in [0, 0.05) is 5.69 Å².